The number of aryl methyl sites for hydroxylation is 1. The van der Waals surface area contributed by atoms with E-state index in [9.17, 15) is 14.7 Å². The van der Waals surface area contributed by atoms with Gasteiger partial charge in [0.15, 0.2) is 0 Å². The van der Waals surface area contributed by atoms with Crippen molar-refractivity contribution in [1.82, 2.24) is 10.6 Å². The lowest BCUT2D eigenvalue weighted by Crippen LogP contribution is -2.50. The van der Waals surface area contributed by atoms with Crippen molar-refractivity contribution in [3.05, 3.63) is 94.5 Å². The van der Waals surface area contributed by atoms with Gasteiger partial charge in [-0.1, -0.05) is 49.2 Å². The molecule has 2 fully saturated rings. The number of ether oxygens (including phenoxy) is 1. The summed E-state index contributed by atoms with van der Waals surface area (Å²) in [6.45, 7) is 1.06. The largest absolute Gasteiger partial charge is 0.497 e. The fraction of sp³-hybridized carbons (Fsp3) is 0.459. The molecule has 3 atom stereocenters. The Labute approximate surface area is 261 Å². The molecule has 3 aromatic rings. The van der Waals surface area contributed by atoms with Crippen molar-refractivity contribution in [2.45, 2.75) is 88.3 Å². The van der Waals surface area contributed by atoms with Gasteiger partial charge in [0.25, 0.3) is 5.91 Å². The smallest absolute Gasteiger partial charge is 0.251 e. The standard InChI is InChI=1S/C37H45N3O4/c1-44-33-16-14-27-13-15-31(20-29(27)23-33)38-24-35(41)34(18-25-8-3-2-4-9-25)39-37(43)30-19-28(26-10-5-6-11-26)21-32(22-30)40-17-7-12-36(40)42/h2-4,8-9,14,16,19,21-23,26,31,34-35,38,41H,5-7,10-13,15,17-18,20,24H2,1H3,(H,39,43)/t31?,34-,35+/m0/s1. The van der Waals surface area contributed by atoms with E-state index in [0.717, 1.165) is 61.1 Å². The number of aliphatic hydroxyl groups excluding tert-OH is 1. The molecule has 3 N–H and O–H groups in total. The van der Waals surface area contributed by atoms with Gasteiger partial charge in [-0.15, -0.1) is 0 Å². The molecule has 0 spiro atoms. The average Bonchev–Trinajstić information content (AvgIpc) is 3.75. The van der Waals surface area contributed by atoms with E-state index in [1.807, 2.05) is 53.4 Å². The zero-order chi connectivity index (χ0) is 30.5. The van der Waals surface area contributed by atoms with E-state index >= 15 is 0 Å². The van der Waals surface area contributed by atoms with E-state index in [0.29, 0.717) is 37.4 Å². The van der Waals surface area contributed by atoms with Crippen LogP contribution in [0.5, 0.6) is 5.75 Å². The number of aliphatic hydroxyl groups is 1. The van der Waals surface area contributed by atoms with Crippen LogP contribution in [0.3, 0.4) is 0 Å². The Morgan fingerprint density at radius 2 is 1.80 bits per heavy atom. The van der Waals surface area contributed by atoms with Gasteiger partial charge in [0, 0.05) is 36.8 Å². The third kappa shape index (κ3) is 7.16. The van der Waals surface area contributed by atoms with Gasteiger partial charge in [-0.25, -0.2) is 0 Å². The van der Waals surface area contributed by atoms with E-state index < -0.39 is 12.1 Å². The van der Waals surface area contributed by atoms with Gasteiger partial charge in [-0.3, -0.25) is 9.59 Å². The summed E-state index contributed by atoms with van der Waals surface area (Å²) in [6.07, 6.45) is 8.57. The molecule has 0 aromatic heterocycles. The first-order valence-electron chi connectivity index (χ1n) is 16.3. The van der Waals surface area contributed by atoms with Crippen molar-refractivity contribution in [2.24, 2.45) is 0 Å². The maximum atomic E-state index is 13.9. The van der Waals surface area contributed by atoms with Crippen LogP contribution in [0, 0.1) is 0 Å². The molecule has 3 aromatic carbocycles. The molecule has 7 nitrogen and oxygen atoms in total. The molecule has 232 valence electrons. The predicted molar refractivity (Wildman–Crippen MR) is 173 cm³/mol. The number of anilines is 1. The Bertz CT molecular complexity index is 1450. The van der Waals surface area contributed by atoms with Gasteiger partial charge in [0.1, 0.15) is 5.75 Å². The minimum absolute atomic E-state index is 0.118. The summed E-state index contributed by atoms with van der Waals surface area (Å²) in [6, 6.07) is 22.0. The van der Waals surface area contributed by atoms with E-state index in [4.69, 9.17) is 4.74 Å². The average molecular weight is 596 g/mol. The van der Waals surface area contributed by atoms with Gasteiger partial charge >= 0.3 is 0 Å². The van der Waals surface area contributed by atoms with Gasteiger partial charge < -0.3 is 25.4 Å². The van der Waals surface area contributed by atoms with Gasteiger partial charge in [-0.2, -0.15) is 0 Å². The predicted octanol–water partition coefficient (Wildman–Crippen LogP) is 5.33. The van der Waals surface area contributed by atoms with Crippen molar-refractivity contribution in [3.63, 3.8) is 0 Å². The lowest BCUT2D eigenvalue weighted by atomic mass is 9.88. The zero-order valence-electron chi connectivity index (χ0n) is 25.8. The minimum Gasteiger partial charge on any atom is -0.497 e. The fourth-order valence-corrected chi connectivity index (χ4v) is 7.20. The maximum absolute atomic E-state index is 13.9. The lowest BCUT2D eigenvalue weighted by Gasteiger charge is -2.30. The fourth-order valence-electron chi connectivity index (χ4n) is 7.20. The Balaban J connectivity index is 1.18. The van der Waals surface area contributed by atoms with Crippen LogP contribution in [0.15, 0.2) is 66.7 Å². The lowest BCUT2D eigenvalue weighted by molar-refractivity contribution is -0.117. The van der Waals surface area contributed by atoms with Gasteiger partial charge in [0.05, 0.1) is 19.3 Å². The topological polar surface area (TPSA) is 90.9 Å². The summed E-state index contributed by atoms with van der Waals surface area (Å²) in [5.41, 5.74) is 6.21. The first-order valence-corrected chi connectivity index (χ1v) is 16.3. The Morgan fingerprint density at radius 1 is 0.977 bits per heavy atom. The number of hydrogen-bond acceptors (Lipinski definition) is 5. The molecule has 1 saturated carbocycles. The molecular formula is C37H45N3O4. The molecule has 0 radical (unpaired) electrons. The second kappa shape index (κ2) is 14.0. The third-order valence-corrected chi connectivity index (χ3v) is 9.75. The van der Waals surface area contributed by atoms with Crippen LogP contribution < -0.4 is 20.3 Å². The van der Waals surface area contributed by atoms with Gasteiger partial charge in [-0.05, 0) is 103 Å². The molecular weight excluding hydrogens is 550 g/mol. The van der Waals surface area contributed by atoms with Crippen LogP contribution >= 0.6 is 0 Å². The van der Waals surface area contributed by atoms with Crippen molar-refractivity contribution in [2.75, 3.05) is 25.1 Å². The number of benzene rings is 3. The Morgan fingerprint density at radius 3 is 2.55 bits per heavy atom. The number of nitrogens with zero attached hydrogens (tertiary/aromatic N) is 1. The monoisotopic (exact) mass is 595 g/mol. The van der Waals surface area contributed by atoms with E-state index in [2.05, 4.69) is 28.8 Å². The molecule has 2 aliphatic carbocycles. The van der Waals surface area contributed by atoms with Crippen molar-refractivity contribution >= 4 is 17.5 Å². The first-order chi connectivity index (χ1) is 21.5. The number of amides is 2. The number of fused-ring (bicyclic) bond motifs is 1. The molecule has 1 heterocycles. The van der Waals surface area contributed by atoms with Crippen LogP contribution in [0.1, 0.15) is 83.5 Å². The molecule has 6 rings (SSSR count). The van der Waals surface area contributed by atoms with E-state index in [1.54, 1.807) is 7.11 Å². The quantitative estimate of drug-likeness (QED) is 0.279. The Kier molecular flexibility index (Phi) is 9.63. The summed E-state index contributed by atoms with van der Waals surface area (Å²) in [5.74, 6) is 1.18. The van der Waals surface area contributed by atoms with Crippen LogP contribution in [0.25, 0.3) is 0 Å². The minimum atomic E-state index is -0.788. The highest BCUT2D eigenvalue weighted by Crippen LogP contribution is 2.37. The third-order valence-electron chi connectivity index (χ3n) is 9.75. The summed E-state index contributed by atoms with van der Waals surface area (Å²) in [5, 5.41) is 18.3. The summed E-state index contributed by atoms with van der Waals surface area (Å²) < 4.78 is 5.43. The van der Waals surface area contributed by atoms with Crippen LogP contribution in [-0.4, -0.2) is 55.3 Å². The van der Waals surface area contributed by atoms with Crippen LogP contribution in [0.4, 0.5) is 5.69 Å². The highest BCUT2D eigenvalue weighted by molar-refractivity contribution is 5.99. The van der Waals surface area contributed by atoms with E-state index in [1.165, 1.54) is 24.0 Å². The molecule has 2 amide bonds. The number of carbonyl (C=O) groups is 2. The maximum Gasteiger partial charge on any atom is 0.251 e. The first kappa shape index (κ1) is 30.4. The number of nitrogens with one attached hydrogen (secondary N) is 2. The molecule has 1 unspecified atom stereocenters. The van der Waals surface area contributed by atoms with Crippen LogP contribution in [0.2, 0.25) is 0 Å². The summed E-state index contributed by atoms with van der Waals surface area (Å²) in [4.78, 5) is 28.4. The highest BCUT2D eigenvalue weighted by Gasteiger charge is 2.28. The normalized spacial score (nSPS) is 19.9. The van der Waals surface area contributed by atoms with Crippen LogP contribution in [-0.2, 0) is 24.1 Å². The molecule has 0 bridgehead atoms. The van der Waals surface area contributed by atoms with Crippen molar-refractivity contribution in [3.8, 4) is 5.75 Å². The molecule has 1 saturated heterocycles. The van der Waals surface area contributed by atoms with Gasteiger partial charge in [0.2, 0.25) is 5.91 Å². The van der Waals surface area contributed by atoms with Crippen molar-refractivity contribution < 1.29 is 19.4 Å². The molecule has 3 aliphatic rings. The number of methoxy groups -OCH3 is 1. The van der Waals surface area contributed by atoms with E-state index in [-0.39, 0.29) is 17.9 Å². The Hall–Kier alpha value is -3.68. The number of hydrogen-bond donors (Lipinski definition) is 3. The highest BCUT2D eigenvalue weighted by atomic mass is 16.5. The number of rotatable bonds is 11. The zero-order valence-corrected chi connectivity index (χ0v) is 25.8. The molecule has 44 heavy (non-hydrogen) atoms. The summed E-state index contributed by atoms with van der Waals surface area (Å²) in [7, 11) is 1.69. The van der Waals surface area contributed by atoms with Crippen molar-refractivity contribution in [1.29, 1.82) is 0 Å². The molecule has 7 heteroatoms. The second-order valence-electron chi connectivity index (χ2n) is 12.8. The molecule has 1 aliphatic heterocycles. The summed E-state index contributed by atoms with van der Waals surface area (Å²) >= 11 is 0. The number of carbonyl (C=O) groups excluding carboxylic acids is 2. The SMILES string of the molecule is COc1ccc2c(c1)CC(NC[C@@H](O)[C@H](Cc1ccccc1)NC(=O)c1cc(C3CCCC3)cc(N3CCCC3=O)c1)CC2. The second-order valence-corrected chi connectivity index (χ2v) is 12.8.